The largest absolute Gasteiger partial charge is 0.296 e. The van der Waals surface area contributed by atoms with Crippen LogP contribution in [0.4, 0.5) is 0 Å². The van der Waals surface area contributed by atoms with Gasteiger partial charge in [-0.15, -0.1) is 0 Å². The van der Waals surface area contributed by atoms with E-state index < -0.39 is 0 Å². The maximum atomic E-state index is 10.5. The molecular formula is C8H12N2O. The SMILES string of the molecule is CCCn1nc(C)cc1C=O. The van der Waals surface area contributed by atoms with Crippen LogP contribution in [0.15, 0.2) is 6.07 Å². The molecule has 0 N–H and O–H groups in total. The first kappa shape index (κ1) is 7.98. The third-order valence-corrected chi connectivity index (χ3v) is 1.49. The summed E-state index contributed by atoms with van der Waals surface area (Å²) in [5.41, 5.74) is 1.57. The molecule has 0 unspecified atom stereocenters. The Kier molecular flexibility index (Phi) is 2.41. The minimum absolute atomic E-state index is 0.671. The van der Waals surface area contributed by atoms with Crippen LogP contribution in [0.25, 0.3) is 0 Å². The molecule has 0 radical (unpaired) electrons. The van der Waals surface area contributed by atoms with Gasteiger partial charge in [-0.05, 0) is 19.4 Å². The second-order valence-corrected chi connectivity index (χ2v) is 2.55. The first-order chi connectivity index (χ1) is 5.27. The molecule has 0 amide bonds. The highest BCUT2D eigenvalue weighted by atomic mass is 16.1. The molecule has 0 aliphatic rings. The van der Waals surface area contributed by atoms with E-state index in [-0.39, 0.29) is 0 Å². The van der Waals surface area contributed by atoms with E-state index >= 15 is 0 Å². The van der Waals surface area contributed by atoms with Crippen molar-refractivity contribution >= 4 is 6.29 Å². The van der Waals surface area contributed by atoms with E-state index in [0.717, 1.165) is 24.9 Å². The molecule has 1 aromatic heterocycles. The molecule has 0 spiro atoms. The van der Waals surface area contributed by atoms with Crippen molar-refractivity contribution in [1.82, 2.24) is 9.78 Å². The molecule has 0 saturated heterocycles. The van der Waals surface area contributed by atoms with E-state index in [0.29, 0.717) is 5.69 Å². The van der Waals surface area contributed by atoms with Gasteiger partial charge >= 0.3 is 0 Å². The van der Waals surface area contributed by atoms with Crippen molar-refractivity contribution in [1.29, 1.82) is 0 Å². The van der Waals surface area contributed by atoms with Crippen molar-refractivity contribution in [2.24, 2.45) is 0 Å². The Hall–Kier alpha value is -1.12. The predicted molar refractivity (Wildman–Crippen MR) is 42.6 cm³/mol. The molecule has 0 aliphatic carbocycles. The van der Waals surface area contributed by atoms with Crippen LogP contribution in [0.2, 0.25) is 0 Å². The molecule has 0 atom stereocenters. The van der Waals surface area contributed by atoms with E-state index in [1.54, 1.807) is 10.7 Å². The van der Waals surface area contributed by atoms with Gasteiger partial charge in [0.2, 0.25) is 0 Å². The number of hydrogen-bond acceptors (Lipinski definition) is 2. The molecule has 1 rings (SSSR count). The fourth-order valence-corrected chi connectivity index (χ4v) is 1.05. The van der Waals surface area contributed by atoms with Crippen LogP contribution in [0.3, 0.4) is 0 Å². The van der Waals surface area contributed by atoms with Gasteiger partial charge in [0.25, 0.3) is 0 Å². The highest BCUT2D eigenvalue weighted by Gasteiger charge is 2.01. The van der Waals surface area contributed by atoms with Crippen molar-refractivity contribution in [3.05, 3.63) is 17.5 Å². The van der Waals surface area contributed by atoms with Gasteiger partial charge in [0, 0.05) is 6.54 Å². The maximum Gasteiger partial charge on any atom is 0.168 e. The molecule has 0 saturated carbocycles. The predicted octanol–water partition coefficient (Wildman–Crippen LogP) is 1.41. The number of aromatic nitrogens is 2. The normalized spacial score (nSPS) is 10.0. The van der Waals surface area contributed by atoms with E-state index in [4.69, 9.17) is 0 Å². The fraction of sp³-hybridized carbons (Fsp3) is 0.500. The average Bonchev–Trinajstić information content (AvgIpc) is 2.32. The summed E-state index contributed by atoms with van der Waals surface area (Å²) in [6.07, 6.45) is 1.84. The fourth-order valence-electron chi connectivity index (χ4n) is 1.05. The summed E-state index contributed by atoms with van der Waals surface area (Å²) < 4.78 is 1.74. The zero-order valence-electron chi connectivity index (χ0n) is 6.87. The van der Waals surface area contributed by atoms with Crippen molar-refractivity contribution in [2.75, 3.05) is 0 Å². The minimum Gasteiger partial charge on any atom is -0.296 e. The van der Waals surface area contributed by atoms with Gasteiger partial charge in [0.15, 0.2) is 6.29 Å². The lowest BCUT2D eigenvalue weighted by atomic mass is 10.4. The summed E-state index contributed by atoms with van der Waals surface area (Å²) in [4.78, 5) is 10.5. The maximum absolute atomic E-state index is 10.5. The summed E-state index contributed by atoms with van der Waals surface area (Å²) in [6, 6.07) is 1.79. The Morgan fingerprint density at radius 2 is 2.45 bits per heavy atom. The third-order valence-electron chi connectivity index (χ3n) is 1.49. The monoisotopic (exact) mass is 152 g/mol. The number of nitrogens with zero attached hydrogens (tertiary/aromatic N) is 2. The van der Waals surface area contributed by atoms with Crippen LogP contribution in [-0.2, 0) is 6.54 Å². The molecule has 11 heavy (non-hydrogen) atoms. The van der Waals surface area contributed by atoms with Gasteiger partial charge in [-0.1, -0.05) is 6.92 Å². The van der Waals surface area contributed by atoms with Crippen LogP contribution in [0.1, 0.15) is 29.5 Å². The van der Waals surface area contributed by atoms with E-state index in [9.17, 15) is 4.79 Å². The van der Waals surface area contributed by atoms with Crippen molar-refractivity contribution in [2.45, 2.75) is 26.8 Å². The Labute approximate surface area is 66.0 Å². The van der Waals surface area contributed by atoms with Gasteiger partial charge in [0.1, 0.15) is 5.69 Å². The Morgan fingerprint density at radius 3 is 3.00 bits per heavy atom. The van der Waals surface area contributed by atoms with Crippen LogP contribution in [-0.4, -0.2) is 16.1 Å². The summed E-state index contributed by atoms with van der Waals surface area (Å²) in [5, 5.41) is 4.16. The summed E-state index contributed by atoms with van der Waals surface area (Å²) >= 11 is 0. The molecule has 0 aliphatic heterocycles. The number of carbonyl (C=O) groups is 1. The molecule has 3 heteroatoms. The standard InChI is InChI=1S/C8H12N2O/c1-3-4-10-8(6-11)5-7(2)9-10/h5-6H,3-4H2,1-2H3. The second kappa shape index (κ2) is 3.32. The number of aryl methyl sites for hydroxylation is 2. The molecule has 60 valence electrons. The van der Waals surface area contributed by atoms with Gasteiger partial charge in [-0.25, -0.2) is 0 Å². The lowest BCUT2D eigenvalue weighted by Gasteiger charge is -1.98. The molecule has 3 nitrogen and oxygen atoms in total. The van der Waals surface area contributed by atoms with Crippen molar-refractivity contribution in [3.8, 4) is 0 Å². The quantitative estimate of drug-likeness (QED) is 0.614. The first-order valence-corrected chi connectivity index (χ1v) is 3.77. The van der Waals surface area contributed by atoms with Gasteiger partial charge < -0.3 is 0 Å². The molecule has 0 aromatic carbocycles. The Bertz CT molecular complexity index is 253. The summed E-state index contributed by atoms with van der Waals surface area (Å²) in [7, 11) is 0. The highest BCUT2D eigenvalue weighted by molar-refractivity contribution is 5.72. The third kappa shape index (κ3) is 1.67. The molecule has 0 fully saturated rings. The average molecular weight is 152 g/mol. The van der Waals surface area contributed by atoms with E-state index in [1.807, 2.05) is 6.92 Å². The lowest BCUT2D eigenvalue weighted by Crippen LogP contribution is -2.03. The van der Waals surface area contributed by atoms with Crippen LogP contribution >= 0.6 is 0 Å². The molecule has 0 bridgehead atoms. The van der Waals surface area contributed by atoms with E-state index in [1.165, 1.54) is 0 Å². The van der Waals surface area contributed by atoms with Crippen molar-refractivity contribution in [3.63, 3.8) is 0 Å². The van der Waals surface area contributed by atoms with Crippen LogP contribution in [0, 0.1) is 6.92 Å². The summed E-state index contributed by atoms with van der Waals surface area (Å²) in [5.74, 6) is 0. The molecule has 1 aromatic rings. The molecular weight excluding hydrogens is 140 g/mol. The zero-order valence-corrected chi connectivity index (χ0v) is 6.87. The van der Waals surface area contributed by atoms with Crippen molar-refractivity contribution < 1.29 is 4.79 Å². The minimum atomic E-state index is 0.671. The number of aldehydes is 1. The molecule has 1 heterocycles. The van der Waals surface area contributed by atoms with Gasteiger partial charge in [0.05, 0.1) is 5.69 Å². The lowest BCUT2D eigenvalue weighted by molar-refractivity contribution is 0.111. The summed E-state index contributed by atoms with van der Waals surface area (Å²) in [6.45, 7) is 4.77. The van der Waals surface area contributed by atoms with Gasteiger partial charge in [-0.3, -0.25) is 9.48 Å². The highest BCUT2D eigenvalue weighted by Crippen LogP contribution is 2.01. The Morgan fingerprint density at radius 1 is 1.73 bits per heavy atom. The number of rotatable bonds is 3. The van der Waals surface area contributed by atoms with Gasteiger partial charge in [-0.2, -0.15) is 5.10 Å². The van der Waals surface area contributed by atoms with E-state index in [2.05, 4.69) is 12.0 Å². The number of carbonyl (C=O) groups excluding carboxylic acids is 1. The number of hydrogen-bond donors (Lipinski definition) is 0. The topological polar surface area (TPSA) is 34.9 Å². The van der Waals surface area contributed by atoms with Crippen LogP contribution in [0.5, 0.6) is 0 Å². The smallest absolute Gasteiger partial charge is 0.168 e. The zero-order chi connectivity index (χ0) is 8.27. The van der Waals surface area contributed by atoms with Crippen LogP contribution < -0.4 is 0 Å². The second-order valence-electron chi connectivity index (χ2n) is 2.55. The Balaban J connectivity index is 2.92. The first-order valence-electron chi connectivity index (χ1n) is 3.77.